The van der Waals surface area contributed by atoms with Gasteiger partial charge >= 0.3 is 5.97 Å². The summed E-state index contributed by atoms with van der Waals surface area (Å²) in [5.74, 6) is -0.733. The van der Waals surface area contributed by atoms with Crippen molar-refractivity contribution in [3.63, 3.8) is 0 Å². The first kappa shape index (κ1) is 20.2. The molecule has 1 N–H and O–H groups in total. The highest BCUT2D eigenvalue weighted by Crippen LogP contribution is 2.16. The van der Waals surface area contributed by atoms with Gasteiger partial charge in [-0.3, -0.25) is 9.59 Å². The molecule has 0 aliphatic heterocycles. The Balaban J connectivity index is 1.97. The van der Waals surface area contributed by atoms with Gasteiger partial charge in [-0.15, -0.1) is 0 Å². The lowest BCUT2D eigenvalue weighted by Crippen LogP contribution is -2.37. The number of amides is 2. The molecule has 6 nitrogen and oxygen atoms in total. The molecule has 0 radical (unpaired) electrons. The summed E-state index contributed by atoms with van der Waals surface area (Å²) >= 11 is 0. The third-order valence-corrected chi connectivity index (χ3v) is 4.00. The highest BCUT2D eigenvalue weighted by atomic mass is 16.5. The lowest BCUT2D eigenvalue weighted by Gasteiger charge is -2.21. The Morgan fingerprint density at radius 2 is 1.56 bits per heavy atom. The molecule has 2 amide bonds. The average molecular weight is 368 g/mol. The number of rotatable bonds is 7. The fourth-order valence-corrected chi connectivity index (χ4v) is 2.55. The van der Waals surface area contributed by atoms with Gasteiger partial charge in [0.2, 0.25) is 5.91 Å². The molecule has 0 spiro atoms. The van der Waals surface area contributed by atoms with E-state index < -0.39 is 5.97 Å². The van der Waals surface area contributed by atoms with E-state index in [0.717, 1.165) is 5.56 Å². The summed E-state index contributed by atoms with van der Waals surface area (Å²) < 4.78 is 4.95. The van der Waals surface area contributed by atoms with Crippen LogP contribution in [0.1, 0.15) is 40.1 Å². The van der Waals surface area contributed by atoms with Crippen LogP contribution in [0, 0.1) is 6.92 Å². The summed E-state index contributed by atoms with van der Waals surface area (Å²) in [5, 5.41) is 2.81. The second kappa shape index (κ2) is 9.52. The summed E-state index contributed by atoms with van der Waals surface area (Å²) in [6.45, 7) is 6.10. The molecule has 2 rings (SSSR count). The van der Waals surface area contributed by atoms with E-state index in [0.29, 0.717) is 36.5 Å². The number of hydrogen-bond donors (Lipinski definition) is 1. The van der Waals surface area contributed by atoms with Gasteiger partial charge in [-0.1, -0.05) is 17.7 Å². The van der Waals surface area contributed by atoms with Crippen LogP contribution in [0.15, 0.2) is 48.5 Å². The Morgan fingerprint density at radius 3 is 2.11 bits per heavy atom. The fraction of sp³-hybridized carbons (Fsp3) is 0.286. The van der Waals surface area contributed by atoms with Crippen LogP contribution in [-0.2, 0) is 9.53 Å². The predicted octanol–water partition coefficient (Wildman–Crippen LogP) is 2.95. The van der Waals surface area contributed by atoms with Gasteiger partial charge in [0.25, 0.3) is 5.91 Å². The van der Waals surface area contributed by atoms with E-state index in [9.17, 15) is 14.4 Å². The number of carbonyl (C=O) groups is 3. The third kappa shape index (κ3) is 5.67. The molecule has 0 saturated carbocycles. The number of nitrogens with zero attached hydrogens (tertiary/aromatic N) is 1. The number of carbonyl (C=O) groups excluding carboxylic acids is 3. The Bertz CT molecular complexity index is 798. The Morgan fingerprint density at radius 1 is 0.963 bits per heavy atom. The van der Waals surface area contributed by atoms with E-state index in [1.54, 1.807) is 48.2 Å². The van der Waals surface area contributed by atoms with E-state index in [-0.39, 0.29) is 11.8 Å². The largest absolute Gasteiger partial charge is 0.462 e. The van der Waals surface area contributed by atoms with Gasteiger partial charge < -0.3 is 15.0 Å². The molecule has 6 heteroatoms. The van der Waals surface area contributed by atoms with Crippen LogP contribution >= 0.6 is 0 Å². The number of anilines is 1. The van der Waals surface area contributed by atoms with Gasteiger partial charge in [-0.2, -0.15) is 0 Å². The first-order valence-corrected chi connectivity index (χ1v) is 8.82. The second-order valence-electron chi connectivity index (χ2n) is 6.06. The molecular formula is C21H24N2O4. The normalized spacial score (nSPS) is 10.2. The smallest absolute Gasteiger partial charge is 0.338 e. The van der Waals surface area contributed by atoms with Crippen LogP contribution in [0.2, 0.25) is 0 Å². The minimum absolute atomic E-state index is 0.150. The van der Waals surface area contributed by atoms with Gasteiger partial charge in [0.1, 0.15) is 0 Å². The summed E-state index contributed by atoms with van der Waals surface area (Å²) in [4.78, 5) is 37.4. The zero-order chi connectivity index (χ0) is 19.8. The van der Waals surface area contributed by atoms with Crippen molar-refractivity contribution >= 4 is 23.5 Å². The van der Waals surface area contributed by atoms with Crippen molar-refractivity contribution in [2.75, 3.05) is 24.6 Å². The lowest BCUT2D eigenvalue weighted by atomic mass is 10.1. The van der Waals surface area contributed by atoms with Gasteiger partial charge in [0, 0.05) is 31.3 Å². The summed E-state index contributed by atoms with van der Waals surface area (Å²) in [6, 6.07) is 13.9. The molecule has 142 valence electrons. The molecule has 0 heterocycles. The van der Waals surface area contributed by atoms with Crippen molar-refractivity contribution in [2.45, 2.75) is 20.8 Å². The Labute approximate surface area is 159 Å². The average Bonchev–Trinajstić information content (AvgIpc) is 2.65. The fourth-order valence-electron chi connectivity index (χ4n) is 2.55. The number of nitrogens with one attached hydrogen (secondary N) is 1. The van der Waals surface area contributed by atoms with Crippen LogP contribution in [0.4, 0.5) is 5.69 Å². The molecular weight excluding hydrogens is 344 g/mol. The second-order valence-corrected chi connectivity index (χ2v) is 6.06. The molecule has 0 fully saturated rings. The molecule has 2 aromatic carbocycles. The van der Waals surface area contributed by atoms with Crippen molar-refractivity contribution in [3.05, 3.63) is 65.2 Å². The number of esters is 1. The van der Waals surface area contributed by atoms with Crippen LogP contribution < -0.4 is 10.2 Å². The lowest BCUT2D eigenvalue weighted by molar-refractivity contribution is -0.116. The summed E-state index contributed by atoms with van der Waals surface area (Å²) in [7, 11) is 0. The minimum atomic E-state index is -0.399. The van der Waals surface area contributed by atoms with E-state index in [1.807, 2.05) is 19.1 Å². The highest BCUT2D eigenvalue weighted by molar-refractivity contribution is 5.95. The molecule has 0 aliphatic carbocycles. The molecule has 27 heavy (non-hydrogen) atoms. The minimum Gasteiger partial charge on any atom is -0.462 e. The monoisotopic (exact) mass is 368 g/mol. The molecule has 0 aliphatic rings. The van der Waals surface area contributed by atoms with E-state index in [2.05, 4.69) is 5.32 Å². The van der Waals surface area contributed by atoms with Gasteiger partial charge in [-0.05, 0) is 50.2 Å². The maximum Gasteiger partial charge on any atom is 0.338 e. The van der Waals surface area contributed by atoms with E-state index in [1.165, 1.54) is 6.92 Å². The Kier molecular flexibility index (Phi) is 7.11. The quantitative estimate of drug-likeness (QED) is 0.763. The number of hydrogen-bond acceptors (Lipinski definition) is 4. The number of benzene rings is 2. The first-order valence-electron chi connectivity index (χ1n) is 8.82. The Hall–Kier alpha value is -3.15. The van der Waals surface area contributed by atoms with E-state index >= 15 is 0 Å². The molecule has 0 bridgehead atoms. The van der Waals surface area contributed by atoms with Gasteiger partial charge in [0.15, 0.2) is 0 Å². The van der Waals surface area contributed by atoms with Crippen molar-refractivity contribution in [3.8, 4) is 0 Å². The van der Waals surface area contributed by atoms with Crippen molar-refractivity contribution in [1.29, 1.82) is 0 Å². The molecule has 2 aromatic rings. The summed E-state index contributed by atoms with van der Waals surface area (Å²) in [5.41, 5.74) is 2.74. The number of ether oxygens (including phenoxy) is 1. The zero-order valence-corrected chi connectivity index (χ0v) is 15.8. The molecule has 0 atom stereocenters. The third-order valence-electron chi connectivity index (χ3n) is 4.00. The van der Waals surface area contributed by atoms with Crippen molar-refractivity contribution in [1.82, 2.24) is 5.32 Å². The van der Waals surface area contributed by atoms with Crippen LogP contribution in [0.3, 0.4) is 0 Å². The topological polar surface area (TPSA) is 75.7 Å². The van der Waals surface area contributed by atoms with Crippen molar-refractivity contribution in [2.24, 2.45) is 0 Å². The van der Waals surface area contributed by atoms with Crippen LogP contribution in [-0.4, -0.2) is 37.5 Å². The summed E-state index contributed by atoms with van der Waals surface area (Å²) in [6.07, 6.45) is 0. The van der Waals surface area contributed by atoms with Gasteiger partial charge in [0.05, 0.1) is 12.2 Å². The van der Waals surface area contributed by atoms with E-state index in [4.69, 9.17) is 4.74 Å². The maximum atomic E-state index is 12.2. The van der Waals surface area contributed by atoms with Crippen LogP contribution in [0.25, 0.3) is 0 Å². The maximum absolute atomic E-state index is 12.2. The SMILES string of the molecule is CCOC(=O)c1ccc(N(CCNC(=O)c2ccc(C)cc2)C(C)=O)cc1. The first-order chi connectivity index (χ1) is 12.9. The molecule has 0 unspecified atom stereocenters. The zero-order valence-electron chi connectivity index (χ0n) is 15.8. The van der Waals surface area contributed by atoms with Crippen LogP contribution in [0.5, 0.6) is 0 Å². The van der Waals surface area contributed by atoms with Crippen molar-refractivity contribution < 1.29 is 19.1 Å². The number of aryl methyl sites for hydroxylation is 1. The van der Waals surface area contributed by atoms with Gasteiger partial charge in [-0.25, -0.2) is 4.79 Å². The molecule has 0 aromatic heterocycles. The molecule has 0 saturated heterocycles. The standard InChI is InChI=1S/C21H24N2O4/c1-4-27-21(26)18-9-11-19(12-10-18)23(16(3)24)14-13-22-20(25)17-7-5-15(2)6-8-17/h5-12H,4,13-14H2,1-3H3,(H,22,25). The highest BCUT2D eigenvalue weighted by Gasteiger charge is 2.14. The predicted molar refractivity (Wildman–Crippen MR) is 104 cm³/mol.